The van der Waals surface area contributed by atoms with Gasteiger partial charge >= 0.3 is 0 Å². The van der Waals surface area contributed by atoms with Crippen molar-refractivity contribution in [2.75, 3.05) is 0 Å². The van der Waals surface area contributed by atoms with Crippen molar-refractivity contribution in [3.63, 3.8) is 0 Å². The molecule has 52 valence electrons. The first-order chi connectivity index (χ1) is 4.84. The Labute approximate surface area is 59.6 Å². The molecule has 0 heterocycles. The number of benzene rings is 1. The fourth-order valence-corrected chi connectivity index (χ4v) is 0.746. The third-order valence-corrected chi connectivity index (χ3v) is 1.30. The number of hydrogen-bond donors (Lipinski definition) is 2. The summed E-state index contributed by atoms with van der Waals surface area (Å²) < 4.78 is 0. The first-order valence-corrected chi connectivity index (χ1v) is 3.08. The maximum absolute atomic E-state index is 9.09. The zero-order valence-corrected chi connectivity index (χ0v) is 5.49. The van der Waals surface area contributed by atoms with Crippen LogP contribution in [-0.2, 0) is 0 Å². The molecular weight excluding hydrogens is 126 g/mol. The SMILES string of the molecule is N=C[C@H](O)c1ccccc1. The molecule has 0 aromatic heterocycles. The molecule has 10 heavy (non-hydrogen) atoms. The van der Waals surface area contributed by atoms with Crippen molar-refractivity contribution in [3.8, 4) is 0 Å². The van der Waals surface area contributed by atoms with Crippen molar-refractivity contribution in [2.45, 2.75) is 6.10 Å². The van der Waals surface area contributed by atoms with Crippen LogP contribution >= 0.6 is 0 Å². The highest BCUT2D eigenvalue weighted by Crippen LogP contribution is 2.07. The summed E-state index contributed by atoms with van der Waals surface area (Å²) in [5, 5.41) is 15.9. The fourth-order valence-electron chi connectivity index (χ4n) is 0.746. The van der Waals surface area contributed by atoms with E-state index in [1.807, 2.05) is 18.2 Å². The van der Waals surface area contributed by atoms with E-state index in [0.717, 1.165) is 11.8 Å². The fraction of sp³-hybridized carbons (Fsp3) is 0.125. The Morgan fingerprint density at radius 3 is 2.40 bits per heavy atom. The van der Waals surface area contributed by atoms with Gasteiger partial charge in [-0.05, 0) is 5.56 Å². The molecule has 0 aliphatic carbocycles. The second-order valence-corrected chi connectivity index (χ2v) is 2.02. The van der Waals surface area contributed by atoms with Crippen LogP contribution < -0.4 is 0 Å². The van der Waals surface area contributed by atoms with Gasteiger partial charge in [0, 0.05) is 6.21 Å². The molecule has 1 atom stereocenters. The van der Waals surface area contributed by atoms with Crippen LogP contribution in [0, 0.1) is 5.41 Å². The molecule has 0 aliphatic heterocycles. The largest absolute Gasteiger partial charge is 0.383 e. The zero-order chi connectivity index (χ0) is 7.40. The number of nitrogens with one attached hydrogen (secondary N) is 1. The lowest BCUT2D eigenvalue weighted by atomic mass is 10.1. The lowest BCUT2D eigenvalue weighted by Gasteiger charge is -2.01. The Morgan fingerprint density at radius 2 is 1.90 bits per heavy atom. The molecule has 0 aliphatic rings. The first-order valence-electron chi connectivity index (χ1n) is 3.08. The third kappa shape index (κ3) is 1.42. The number of aliphatic hydroxyl groups excluding tert-OH is 1. The molecule has 0 saturated heterocycles. The van der Waals surface area contributed by atoms with Crippen LogP contribution in [0.2, 0.25) is 0 Å². The lowest BCUT2D eigenvalue weighted by molar-refractivity contribution is 0.252. The maximum Gasteiger partial charge on any atom is 0.113 e. The molecule has 0 radical (unpaired) electrons. The Kier molecular flexibility index (Phi) is 2.18. The standard InChI is InChI=1S/C8H9NO/c9-6-8(10)7-4-2-1-3-5-7/h1-6,8-10H/t8-/m0/s1. The van der Waals surface area contributed by atoms with E-state index in [1.54, 1.807) is 12.1 Å². The van der Waals surface area contributed by atoms with Gasteiger partial charge in [-0.15, -0.1) is 0 Å². The number of hydrogen-bond acceptors (Lipinski definition) is 2. The highest BCUT2D eigenvalue weighted by atomic mass is 16.3. The molecule has 0 fully saturated rings. The Morgan fingerprint density at radius 1 is 1.30 bits per heavy atom. The molecule has 1 aromatic carbocycles. The molecular formula is C8H9NO. The molecule has 2 heteroatoms. The highest BCUT2D eigenvalue weighted by molar-refractivity contribution is 5.61. The van der Waals surface area contributed by atoms with E-state index >= 15 is 0 Å². The molecule has 1 rings (SSSR count). The van der Waals surface area contributed by atoms with Gasteiger partial charge in [-0.3, -0.25) is 0 Å². The summed E-state index contributed by atoms with van der Waals surface area (Å²) in [7, 11) is 0. The van der Waals surface area contributed by atoms with Crippen LogP contribution in [0.25, 0.3) is 0 Å². The summed E-state index contributed by atoms with van der Waals surface area (Å²) in [6.45, 7) is 0. The molecule has 2 N–H and O–H groups in total. The van der Waals surface area contributed by atoms with Crippen molar-refractivity contribution in [2.24, 2.45) is 0 Å². The molecule has 1 aromatic rings. The number of rotatable bonds is 2. The van der Waals surface area contributed by atoms with Crippen LogP contribution in [0.3, 0.4) is 0 Å². The second kappa shape index (κ2) is 3.13. The average Bonchev–Trinajstić information content (AvgIpc) is 2.05. The Hall–Kier alpha value is -1.15. The second-order valence-electron chi connectivity index (χ2n) is 2.02. The summed E-state index contributed by atoms with van der Waals surface area (Å²) in [6, 6.07) is 9.12. The quantitative estimate of drug-likeness (QED) is 0.591. The van der Waals surface area contributed by atoms with E-state index < -0.39 is 6.10 Å². The van der Waals surface area contributed by atoms with Crippen molar-refractivity contribution >= 4 is 6.21 Å². The van der Waals surface area contributed by atoms with Crippen LogP contribution in [0.1, 0.15) is 11.7 Å². The Bertz CT molecular complexity index is 208. The van der Waals surface area contributed by atoms with E-state index in [4.69, 9.17) is 10.5 Å². The van der Waals surface area contributed by atoms with Crippen molar-refractivity contribution in [1.82, 2.24) is 0 Å². The van der Waals surface area contributed by atoms with Crippen LogP contribution in [0.4, 0.5) is 0 Å². The van der Waals surface area contributed by atoms with E-state index in [0.29, 0.717) is 0 Å². The van der Waals surface area contributed by atoms with Crippen LogP contribution in [0.15, 0.2) is 30.3 Å². The molecule has 2 nitrogen and oxygen atoms in total. The lowest BCUT2D eigenvalue weighted by Crippen LogP contribution is -1.95. The van der Waals surface area contributed by atoms with E-state index in [2.05, 4.69) is 0 Å². The zero-order valence-electron chi connectivity index (χ0n) is 5.49. The predicted octanol–water partition coefficient (Wildman–Crippen LogP) is 1.37. The van der Waals surface area contributed by atoms with Crippen molar-refractivity contribution in [3.05, 3.63) is 35.9 Å². The van der Waals surface area contributed by atoms with Crippen molar-refractivity contribution in [1.29, 1.82) is 5.41 Å². The van der Waals surface area contributed by atoms with E-state index in [1.165, 1.54) is 0 Å². The van der Waals surface area contributed by atoms with Gasteiger partial charge in [0.05, 0.1) is 0 Å². The topological polar surface area (TPSA) is 44.1 Å². The average molecular weight is 135 g/mol. The minimum atomic E-state index is -0.749. The van der Waals surface area contributed by atoms with Gasteiger partial charge < -0.3 is 10.5 Å². The predicted molar refractivity (Wildman–Crippen MR) is 40.2 cm³/mol. The summed E-state index contributed by atoms with van der Waals surface area (Å²) >= 11 is 0. The first kappa shape index (κ1) is 6.96. The third-order valence-electron chi connectivity index (χ3n) is 1.30. The minimum absolute atomic E-state index is 0.749. The van der Waals surface area contributed by atoms with Gasteiger partial charge in [0.1, 0.15) is 6.10 Å². The smallest absolute Gasteiger partial charge is 0.113 e. The Balaban J connectivity index is 2.84. The van der Waals surface area contributed by atoms with Gasteiger partial charge in [0.15, 0.2) is 0 Å². The minimum Gasteiger partial charge on any atom is -0.383 e. The van der Waals surface area contributed by atoms with Gasteiger partial charge in [0.2, 0.25) is 0 Å². The van der Waals surface area contributed by atoms with Gasteiger partial charge in [-0.2, -0.15) is 0 Å². The van der Waals surface area contributed by atoms with Crippen LogP contribution in [-0.4, -0.2) is 11.3 Å². The normalized spacial score (nSPS) is 12.5. The van der Waals surface area contributed by atoms with Crippen LogP contribution in [0.5, 0.6) is 0 Å². The molecule has 0 spiro atoms. The summed E-state index contributed by atoms with van der Waals surface area (Å²) in [6.07, 6.45) is 0.260. The van der Waals surface area contributed by atoms with Gasteiger partial charge in [-0.25, -0.2) is 0 Å². The monoisotopic (exact) mass is 135 g/mol. The molecule has 0 unspecified atom stereocenters. The molecule has 0 saturated carbocycles. The molecule has 0 amide bonds. The highest BCUT2D eigenvalue weighted by Gasteiger charge is 1.99. The summed E-state index contributed by atoms with van der Waals surface area (Å²) in [4.78, 5) is 0. The summed E-state index contributed by atoms with van der Waals surface area (Å²) in [5.41, 5.74) is 0.762. The van der Waals surface area contributed by atoms with Crippen molar-refractivity contribution < 1.29 is 5.11 Å². The number of aliphatic hydroxyl groups is 1. The summed E-state index contributed by atoms with van der Waals surface area (Å²) in [5.74, 6) is 0. The van der Waals surface area contributed by atoms with E-state index in [9.17, 15) is 0 Å². The van der Waals surface area contributed by atoms with E-state index in [-0.39, 0.29) is 0 Å². The maximum atomic E-state index is 9.09. The molecule has 0 bridgehead atoms. The van der Waals surface area contributed by atoms with Gasteiger partial charge in [0.25, 0.3) is 0 Å². The van der Waals surface area contributed by atoms with Gasteiger partial charge in [-0.1, -0.05) is 30.3 Å².